The van der Waals surface area contributed by atoms with Gasteiger partial charge in [-0.2, -0.15) is 0 Å². The van der Waals surface area contributed by atoms with Crippen LogP contribution in [0.2, 0.25) is 5.02 Å². The lowest BCUT2D eigenvalue weighted by Crippen LogP contribution is -2.39. The Kier molecular flexibility index (Phi) is 7.50. The number of hydrogen-bond acceptors (Lipinski definition) is 5. The van der Waals surface area contributed by atoms with E-state index in [4.69, 9.17) is 28.6 Å². The minimum Gasteiger partial charge on any atom is -0.497 e. The first-order chi connectivity index (χ1) is 16.4. The number of carbonyl (C=O) groups excluding carboxylic acids is 2. The van der Waals surface area contributed by atoms with Gasteiger partial charge in [0.1, 0.15) is 11.8 Å². The molecule has 34 heavy (non-hydrogen) atoms. The molecule has 2 amide bonds. The number of anilines is 2. The predicted molar refractivity (Wildman–Crippen MR) is 141 cm³/mol. The van der Waals surface area contributed by atoms with Gasteiger partial charge >= 0.3 is 0 Å². The predicted octanol–water partition coefficient (Wildman–Crippen LogP) is 5.29. The fourth-order valence-electron chi connectivity index (χ4n) is 3.88. The Morgan fingerprint density at radius 2 is 1.97 bits per heavy atom. The maximum absolute atomic E-state index is 13.5. The van der Waals surface area contributed by atoms with Crippen molar-refractivity contribution in [3.63, 3.8) is 0 Å². The molecule has 0 radical (unpaired) electrons. The van der Waals surface area contributed by atoms with Crippen molar-refractivity contribution in [1.29, 1.82) is 0 Å². The molecular weight excluding hydrogens is 490 g/mol. The van der Waals surface area contributed by atoms with Crippen LogP contribution in [0.4, 0.5) is 11.4 Å². The summed E-state index contributed by atoms with van der Waals surface area (Å²) in [5.74, 6) is 0.193. The van der Waals surface area contributed by atoms with E-state index in [1.54, 1.807) is 67.0 Å². The van der Waals surface area contributed by atoms with Crippen LogP contribution in [0.5, 0.6) is 5.75 Å². The second-order valence-corrected chi connectivity index (χ2v) is 9.71. The Labute approximate surface area is 213 Å². The summed E-state index contributed by atoms with van der Waals surface area (Å²) >= 11 is 13.6. The van der Waals surface area contributed by atoms with E-state index in [0.717, 1.165) is 6.42 Å². The van der Waals surface area contributed by atoms with Gasteiger partial charge in [0.25, 0.3) is 5.91 Å². The Balaban J connectivity index is 1.55. The average molecular weight is 514 g/mol. The fourth-order valence-corrected chi connectivity index (χ4v) is 5.38. The molecule has 0 saturated carbocycles. The summed E-state index contributed by atoms with van der Waals surface area (Å²) in [6.45, 7) is 2.60. The Morgan fingerprint density at radius 3 is 2.62 bits per heavy atom. The lowest BCUT2D eigenvalue weighted by atomic mass is 10.1. The molecule has 9 heteroatoms. The molecule has 1 saturated heterocycles. The third-order valence-electron chi connectivity index (χ3n) is 5.69. The number of halogens is 1. The molecule has 1 unspecified atom stereocenters. The van der Waals surface area contributed by atoms with Gasteiger partial charge in [-0.15, -0.1) is 11.3 Å². The van der Waals surface area contributed by atoms with Crippen molar-refractivity contribution in [3.8, 4) is 5.75 Å². The van der Waals surface area contributed by atoms with Crippen LogP contribution in [-0.2, 0) is 16.0 Å². The molecule has 0 aliphatic carbocycles. The molecule has 2 heterocycles. The van der Waals surface area contributed by atoms with Crippen molar-refractivity contribution in [2.45, 2.75) is 25.8 Å². The molecular formula is C25H24ClN3O3S2. The number of hydrogen-bond donors (Lipinski definition) is 1. The van der Waals surface area contributed by atoms with E-state index in [2.05, 4.69) is 23.7 Å². The number of thiophene rings is 1. The zero-order valence-corrected chi connectivity index (χ0v) is 21.2. The summed E-state index contributed by atoms with van der Waals surface area (Å²) in [5.41, 5.74) is 2.44. The van der Waals surface area contributed by atoms with Gasteiger partial charge in [0.05, 0.1) is 19.2 Å². The van der Waals surface area contributed by atoms with Crippen LogP contribution in [0, 0.1) is 6.92 Å². The third kappa shape index (κ3) is 5.24. The highest BCUT2D eigenvalue weighted by Gasteiger charge is 2.44. The molecule has 1 N–H and O–H groups in total. The van der Waals surface area contributed by atoms with E-state index in [9.17, 15) is 9.59 Å². The molecule has 6 nitrogen and oxygen atoms in total. The quantitative estimate of drug-likeness (QED) is 0.414. The zero-order valence-electron chi connectivity index (χ0n) is 18.8. The first-order valence-corrected chi connectivity index (χ1v) is 12.4. The second-order valence-electron chi connectivity index (χ2n) is 7.90. The third-order valence-corrected chi connectivity index (χ3v) is 7.42. The van der Waals surface area contributed by atoms with E-state index in [1.165, 1.54) is 15.3 Å². The standard InChI is InChI=1S/C25H24ClN3O3S2/c1-16-11-13-34-22(16)10-12-28-21(15-23(30)27-18-6-8-20(32-2)9-7-18)24(31)29(25(28)33)19-5-3-4-17(26)14-19/h3-9,11,13-14,21H,10,12,15H2,1-2H3,(H,27,30). The van der Waals surface area contributed by atoms with Crippen LogP contribution < -0.4 is 15.0 Å². The maximum atomic E-state index is 13.5. The number of carbonyl (C=O) groups is 2. The number of amides is 2. The Bertz CT molecular complexity index is 1210. The molecule has 1 aliphatic heterocycles. The van der Waals surface area contributed by atoms with E-state index in [1.807, 2.05) is 4.90 Å². The number of methoxy groups -OCH3 is 1. The van der Waals surface area contributed by atoms with Crippen molar-refractivity contribution < 1.29 is 14.3 Å². The van der Waals surface area contributed by atoms with Crippen molar-refractivity contribution in [3.05, 3.63) is 75.4 Å². The first-order valence-electron chi connectivity index (χ1n) is 10.7. The Morgan fingerprint density at radius 1 is 1.21 bits per heavy atom. The first kappa shape index (κ1) is 24.2. The number of aryl methyl sites for hydroxylation is 1. The lowest BCUT2D eigenvalue weighted by molar-refractivity contribution is -0.124. The molecule has 1 fully saturated rings. The number of benzene rings is 2. The summed E-state index contributed by atoms with van der Waals surface area (Å²) in [6.07, 6.45) is 0.711. The molecule has 1 atom stereocenters. The summed E-state index contributed by atoms with van der Waals surface area (Å²) in [5, 5.41) is 5.80. The van der Waals surface area contributed by atoms with Gasteiger partial charge in [0, 0.05) is 22.1 Å². The monoisotopic (exact) mass is 513 g/mol. The SMILES string of the molecule is COc1ccc(NC(=O)CC2C(=O)N(c3cccc(Cl)c3)C(=S)N2CCc2sccc2C)cc1. The molecule has 2 aromatic carbocycles. The van der Waals surface area contributed by atoms with Crippen molar-refractivity contribution in [1.82, 2.24) is 4.90 Å². The maximum Gasteiger partial charge on any atom is 0.256 e. The van der Waals surface area contributed by atoms with Crippen LogP contribution in [0.25, 0.3) is 0 Å². The number of nitrogens with zero attached hydrogens (tertiary/aromatic N) is 2. The van der Waals surface area contributed by atoms with Gasteiger partial charge in [0.2, 0.25) is 5.91 Å². The van der Waals surface area contributed by atoms with Gasteiger partial charge in [-0.1, -0.05) is 17.7 Å². The van der Waals surface area contributed by atoms with Crippen molar-refractivity contribution >= 4 is 63.5 Å². The average Bonchev–Trinajstić information content (AvgIpc) is 3.32. The molecule has 1 aliphatic rings. The molecule has 0 spiro atoms. The van der Waals surface area contributed by atoms with Crippen LogP contribution in [0.15, 0.2) is 60.0 Å². The Hall–Kier alpha value is -2.94. The van der Waals surface area contributed by atoms with Crippen LogP contribution >= 0.6 is 35.2 Å². The largest absolute Gasteiger partial charge is 0.497 e. The smallest absolute Gasteiger partial charge is 0.256 e. The lowest BCUT2D eigenvalue weighted by Gasteiger charge is -2.24. The zero-order chi connectivity index (χ0) is 24.2. The van der Waals surface area contributed by atoms with Crippen molar-refractivity contribution in [2.75, 3.05) is 23.9 Å². The van der Waals surface area contributed by atoms with Crippen molar-refractivity contribution in [2.24, 2.45) is 0 Å². The molecule has 3 aromatic rings. The van der Waals surface area contributed by atoms with Gasteiger partial charge in [0.15, 0.2) is 5.11 Å². The molecule has 1 aromatic heterocycles. The summed E-state index contributed by atoms with van der Waals surface area (Å²) in [7, 11) is 1.58. The fraction of sp³-hybridized carbons (Fsp3) is 0.240. The van der Waals surface area contributed by atoms with Gasteiger partial charge in [-0.3, -0.25) is 14.5 Å². The van der Waals surface area contributed by atoms with Crippen LogP contribution in [0.1, 0.15) is 16.9 Å². The van der Waals surface area contributed by atoms with Crippen LogP contribution in [0.3, 0.4) is 0 Å². The minimum atomic E-state index is -0.704. The number of thiocarbonyl (C=S) groups is 1. The van der Waals surface area contributed by atoms with Crippen LogP contribution in [-0.4, -0.2) is 41.5 Å². The molecule has 176 valence electrons. The highest BCUT2D eigenvalue weighted by Crippen LogP contribution is 2.30. The van der Waals surface area contributed by atoms with E-state index in [0.29, 0.717) is 33.8 Å². The normalized spacial score (nSPS) is 15.7. The topological polar surface area (TPSA) is 61.9 Å². The van der Waals surface area contributed by atoms with Gasteiger partial charge in [-0.25, -0.2) is 0 Å². The van der Waals surface area contributed by atoms with Gasteiger partial charge in [-0.05, 0) is 85.0 Å². The number of nitrogens with one attached hydrogen (secondary N) is 1. The second kappa shape index (κ2) is 10.5. The highest BCUT2D eigenvalue weighted by molar-refractivity contribution is 7.80. The summed E-state index contributed by atoms with van der Waals surface area (Å²) in [4.78, 5) is 31.0. The molecule has 4 rings (SSSR count). The van der Waals surface area contributed by atoms with E-state index in [-0.39, 0.29) is 18.2 Å². The van der Waals surface area contributed by atoms with Gasteiger partial charge < -0.3 is 15.0 Å². The summed E-state index contributed by atoms with van der Waals surface area (Å²) < 4.78 is 5.16. The summed E-state index contributed by atoms with van der Waals surface area (Å²) in [6, 6.07) is 15.4. The molecule has 0 bridgehead atoms. The number of rotatable bonds is 8. The van der Waals surface area contributed by atoms with E-state index < -0.39 is 6.04 Å². The highest BCUT2D eigenvalue weighted by atomic mass is 35.5. The minimum absolute atomic E-state index is 0.0223. The number of ether oxygens (including phenoxy) is 1. The van der Waals surface area contributed by atoms with E-state index >= 15 is 0 Å².